The van der Waals surface area contributed by atoms with Gasteiger partial charge in [0, 0.05) is 30.9 Å². The molecule has 0 saturated heterocycles. The fraction of sp³-hybridized carbons (Fsp3) is 0.211. The van der Waals surface area contributed by atoms with Crippen LogP contribution in [0.25, 0.3) is 31.9 Å². The first-order valence-electron chi connectivity index (χ1n) is 14.9. The van der Waals surface area contributed by atoms with Crippen molar-refractivity contribution in [2.45, 2.75) is 64.5 Å². The van der Waals surface area contributed by atoms with Gasteiger partial charge in [-0.3, -0.25) is 0 Å². The minimum atomic E-state index is 0.0695. The lowest BCUT2D eigenvalue weighted by Crippen LogP contribution is -2.31. The number of aromatic nitrogens is 2. The second kappa shape index (κ2) is 10.4. The zero-order valence-corrected chi connectivity index (χ0v) is 27.0. The van der Waals surface area contributed by atoms with Gasteiger partial charge in [-0.25, -0.2) is 9.97 Å². The van der Waals surface area contributed by atoms with Gasteiger partial charge in [0.15, 0.2) is 0 Å². The first-order chi connectivity index (χ1) is 20.9. The molecule has 0 amide bonds. The van der Waals surface area contributed by atoms with E-state index in [4.69, 9.17) is 9.97 Å². The van der Waals surface area contributed by atoms with Crippen molar-refractivity contribution in [3.05, 3.63) is 121 Å². The van der Waals surface area contributed by atoms with Crippen molar-refractivity contribution in [2.24, 2.45) is 5.41 Å². The number of benzene rings is 4. The van der Waals surface area contributed by atoms with Crippen molar-refractivity contribution in [1.29, 1.82) is 0 Å². The predicted octanol–water partition coefficient (Wildman–Crippen LogP) is 11.5. The maximum Gasteiger partial charge on any atom is 0.108 e. The van der Waals surface area contributed by atoms with E-state index in [0.717, 1.165) is 11.0 Å². The molecule has 5 heteroatoms. The molecule has 1 saturated carbocycles. The number of thiophene rings is 1. The highest BCUT2D eigenvalue weighted by Crippen LogP contribution is 2.67. The Morgan fingerprint density at radius 1 is 0.605 bits per heavy atom. The third-order valence-corrected chi connectivity index (χ3v) is 13.1. The van der Waals surface area contributed by atoms with E-state index in [1.807, 2.05) is 11.3 Å². The van der Waals surface area contributed by atoms with Crippen LogP contribution in [0.4, 0.5) is 0 Å². The molecule has 6 aromatic rings. The zero-order chi connectivity index (χ0) is 29.2. The summed E-state index contributed by atoms with van der Waals surface area (Å²) in [6, 6.07) is 39.1. The van der Waals surface area contributed by atoms with Gasteiger partial charge < -0.3 is 0 Å². The van der Waals surface area contributed by atoms with Crippen molar-refractivity contribution in [2.75, 3.05) is 0 Å². The molecule has 8 rings (SSSR count). The molecule has 2 atom stereocenters. The normalized spacial score (nSPS) is 20.0. The van der Waals surface area contributed by atoms with Crippen molar-refractivity contribution in [1.82, 2.24) is 9.97 Å². The molecule has 2 aliphatic carbocycles. The first-order valence-corrected chi connectivity index (χ1v) is 17.4. The van der Waals surface area contributed by atoms with Crippen LogP contribution in [0.3, 0.4) is 0 Å². The van der Waals surface area contributed by atoms with Crippen LogP contribution in [0.15, 0.2) is 129 Å². The standard InChI is InChI=1S/C38H32N2S3/c1-37(2)30-22-23-38(37,3)36-31(30)39-32-33(40-36)35(25-16-20-29(21-17-25)42-27-12-8-5-9-13-27)43-34(32)24-14-18-28(19-15-24)41-26-10-6-4-7-11-26/h4-21,30H,22-23H2,1-3H3. The van der Waals surface area contributed by atoms with E-state index in [1.165, 1.54) is 64.7 Å². The molecule has 212 valence electrons. The van der Waals surface area contributed by atoms with E-state index in [-0.39, 0.29) is 10.8 Å². The van der Waals surface area contributed by atoms with Crippen LogP contribution in [0.2, 0.25) is 0 Å². The summed E-state index contributed by atoms with van der Waals surface area (Å²) in [5, 5.41) is 0. The summed E-state index contributed by atoms with van der Waals surface area (Å²) >= 11 is 5.43. The molecule has 0 N–H and O–H groups in total. The molecular formula is C38H32N2S3. The molecule has 0 spiro atoms. The SMILES string of the molecule is CC12CCC(c3nc4c(-c5ccc(Sc6ccccc6)cc5)sc(-c5ccc(Sc6ccccc6)cc5)c4nc31)C2(C)C. The van der Waals surface area contributed by atoms with Crippen molar-refractivity contribution in [3.63, 3.8) is 0 Å². The molecule has 43 heavy (non-hydrogen) atoms. The summed E-state index contributed by atoms with van der Waals surface area (Å²) in [4.78, 5) is 18.4. The van der Waals surface area contributed by atoms with Gasteiger partial charge in [0.05, 0.1) is 21.1 Å². The Bertz CT molecular complexity index is 1950. The lowest BCUT2D eigenvalue weighted by atomic mass is 9.70. The minimum Gasteiger partial charge on any atom is -0.247 e. The van der Waals surface area contributed by atoms with Crippen LogP contribution in [0, 0.1) is 5.41 Å². The van der Waals surface area contributed by atoms with Gasteiger partial charge in [-0.2, -0.15) is 0 Å². The second-order valence-corrected chi connectivity index (χ2v) is 15.8. The lowest BCUT2D eigenvalue weighted by Gasteiger charge is -2.34. The van der Waals surface area contributed by atoms with E-state index in [0.29, 0.717) is 5.92 Å². The third kappa shape index (κ3) is 4.47. The highest BCUT2D eigenvalue weighted by molar-refractivity contribution is 7.99. The number of hydrogen-bond acceptors (Lipinski definition) is 5. The molecule has 2 aliphatic rings. The smallest absolute Gasteiger partial charge is 0.108 e. The topological polar surface area (TPSA) is 25.8 Å². The van der Waals surface area contributed by atoms with E-state index in [9.17, 15) is 0 Å². The largest absolute Gasteiger partial charge is 0.247 e. The Balaban J connectivity index is 1.23. The fourth-order valence-corrected chi connectivity index (χ4v) is 9.87. The number of rotatable bonds is 6. The Morgan fingerprint density at radius 3 is 1.58 bits per heavy atom. The van der Waals surface area contributed by atoms with Gasteiger partial charge >= 0.3 is 0 Å². The molecule has 2 unspecified atom stereocenters. The molecular weight excluding hydrogens is 581 g/mol. The molecule has 2 aromatic heterocycles. The summed E-state index contributed by atoms with van der Waals surface area (Å²) in [6.45, 7) is 7.27. The van der Waals surface area contributed by atoms with Crippen molar-refractivity contribution in [3.8, 4) is 20.9 Å². The van der Waals surface area contributed by atoms with Gasteiger partial charge in [0.1, 0.15) is 11.0 Å². The monoisotopic (exact) mass is 612 g/mol. The minimum absolute atomic E-state index is 0.0695. The first kappa shape index (κ1) is 27.2. The Hall–Kier alpha value is -3.38. The summed E-state index contributed by atoms with van der Waals surface area (Å²) in [7, 11) is 0. The number of fused-ring (bicyclic) bond motifs is 6. The average Bonchev–Trinajstić information content (AvgIpc) is 3.57. The highest BCUT2D eigenvalue weighted by Gasteiger charge is 2.61. The maximum absolute atomic E-state index is 5.53. The summed E-state index contributed by atoms with van der Waals surface area (Å²) < 4.78 is 0. The van der Waals surface area contributed by atoms with Crippen LogP contribution in [-0.2, 0) is 5.41 Å². The highest BCUT2D eigenvalue weighted by atomic mass is 32.2. The van der Waals surface area contributed by atoms with E-state index in [2.05, 4.69) is 130 Å². The number of nitrogens with zero attached hydrogens (tertiary/aromatic N) is 2. The second-order valence-electron chi connectivity index (χ2n) is 12.4. The van der Waals surface area contributed by atoms with Gasteiger partial charge in [-0.05, 0) is 77.9 Å². The van der Waals surface area contributed by atoms with Gasteiger partial charge in [-0.1, -0.05) is 105 Å². The van der Waals surface area contributed by atoms with Crippen molar-refractivity contribution >= 4 is 45.9 Å². The van der Waals surface area contributed by atoms with Gasteiger partial charge in [0.2, 0.25) is 0 Å². The Kier molecular flexibility index (Phi) is 6.55. The third-order valence-electron chi connectivity index (χ3n) is 9.83. The van der Waals surface area contributed by atoms with Crippen molar-refractivity contribution < 1.29 is 0 Å². The van der Waals surface area contributed by atoms with Crippen LogP contribution < -0.4 is 0 Å². The zero-order valence-electron chi connectivity index (χ0n) is 24.5. The summed E-state index contributed by atoms with van der Waals surface area (Å²) in [5.74, 6) is 0.472. The average molecular weight is 613 g/mol. The van der Waals surface area contributed by atoms with Crippen LogP contribution >= 0.6 is 34.9 Å². The van der Waals surface area contributed by atoms with Crippen LogP contribution in [0.5, 0.6) is 0 Å². The van der Waals surface area contributed by atoms with Gasteiger partial charge in [-0.15, -0.1) is 11.3 Å². The number of hydrogen-bond donors (Lipinski definition) is 0. The molecule has 1 fully saturated rings. The predicted molar refractivity (Wildman–Crippen MR) is 183 cm³/mol. The van der Waals surface area contributed by atoms with Crippen LogP contribution in [0.1, 0.15) is 50.9 Å². The molecule has 2 bridgehead atoms. The Labute approximate surface area is 266 Å². The molecule has 2 nitrogen and oxygen atoms in total. The van der Waals surface area contributed by atoms with E-state index < -0.39 is 0 Å². The van der Waals surface area contributed by atoms with E-state index >= 15 is 0 Å². The molecule has 4 aromatic carbocycles. The Morgan fingerprint density at radius 2 is 1.07 bits per heavy atom. The summed E-state index contributed by atoms with van der Waals surface area (Å²) in [6.07, 6.45) is 2.39. The van der Waals surface area contributed by atoms with E-state index in [1.54, 1.807) is 23.5 Å². The molecule has 2 heterocycles. The lowest BCUT2D eigenvalue weighted by molar-refractivity contribution is 0.227. The quantitative estimate of drug-likeness (QED) is 0.187. The van der Waals surface area contributed by atoms with Gasteiger partial charge in [0.25, 0.3) is 0 Å². The van der Waals surface area contributed by atoms with Crippen LogP contribution in [-0.4, -0.2) is 9.97 Å². The molecule has 0 aliphatic heterocycles. The summed E-state index contributed by atoms with van der Waals surface area (Å²) in [5.41, 5.74) is 7.23. The molecule has 0 radical (unpaired) electrons. The maximum atomic E-state index is 5.53. The fourth-order valence-electron chi connectivity index (χ4n) is 7.00.